The van der Waals surface area contributed by atoms with E-state index in [0.717, 1.165) is 22.6 Å². The van der Waals surface area contributed by atoms with Crippen LogP contribution in [0.1, 0.15) is 187 Å². The van der Waals surface area contributed by atoms with Gasteiger partial charge >= 0.3 is 353 Å². The maximum atomic E-state index is 8.30. The van der Waals surface area contributed by atoms with E-state index in [0.29, 0.717) is 17.8 Å². The minimum atomic E-state index is -4.14. The first-order valence-electron chi connectivity index (χ1n) is 21.0. The molecule has 0 aliphatic carbocycles. The molecule has 4 heteroatoms. The monoisotopic (exact) mass is 876 g/mol. The number of rotatable bonds is 7. The average molecular weight is 876 g/mol. The predicted octanol–water partition coefficient (Wildman–Crippen LogP) is 13.2. The van der Waals surface area contributed by atoms with Gasteiger partial charge in [-0.2, -0.15) is 0 Å². The molecule has 0 saturated heterocycles. The quantitative estimate of drug-likeness (QED) is 0.172. The molecule has 56 heavy (non-hydrogen) atoms. The standard InChI is InChI=1S/C52H71AsGeO2/c1-33(2)38-29-40(34(3)4)45(41(30-38)35(5)6)54(52(16,17)18)48(55-46(36-25-21-19-22-26-36)47(56-54)37-27-23-20-24-28-37)53-44-42(50(10,11)12)31-39(49(7,8)9)32-43(44)51(13,14)15/h19-35H,1-18H3/t54-/m0/s1. The molecule has 1 aliphatic heterocycles. The number of hydrogen-bond acceptors (Lipinski definition) is 2. The van der Waals surface area contributed by atoms with Crippen molar-refractivity contribution >= 4 is 52.5 Å². The fraction of sp³-hybridized carbons (Fsp3) is 0.481. The van der Waals surface area contributed by atoms with Crippen LogP contribution in [-0.4, -0.2) is 32.2 Å². The predicted molar refractivity (Wildman–Crippen MR) is 249 cm³/mol. The molecule has 0 fully saturated rings. The molecule has 4 aromatic carbocycles. The van der Waals surface area contributed by atoms with Crippen molar-refractivity contribution in [1.29, 1.82) is 0 Å². The SMILES string of the molecule is CC(C)c1cc(C(C)C)[c]([Ge@]2([C](C)(C)C)[O]C(c3ccccc3)=C(c3ccccc3)O[C]2=[As]c2c(C(C)(C)C)cc(C(C)(C)C)cc2C(C)(C)C)c(C(C)C)c1. The van der Waals surface area contributed by atoms with Gasteiger partial charge in [-0.25, -0.2) is 0 Å². The molecule has 0 spiro atoms. The second-order valence-electron chi connectivity index (χ2n) is 21.2. The van der Waals surface area contributed by atoms with Crippen molar-refractivity contribution in [3.8, 4) is 0 Å². The maximum absolute atomic E-state index is 8.30. The van der Waals surface area contributed by atoms with E-state index in [1.807, 2.05) is 0 Å². The Morgan fingerprint density at radius 2 is 0.946 bits per heavy atom. The summed E-state index contributed by atoms with van der Waals surface area (Å²) in [6, 6.07) is 31.6. The van der Waals surface area contributed by atoms with Gasteiger partial charge in [-0.1, -0.05) is 0 Å². The Balaban J connectivity index is 2.11. The van der Waals surface area contributed by atoms with E-state index < -0.39 is 28.9 Å². The van der Waals surface area contributed by atoms with Crippen molar-refractivity contribution < 1.29 is 8.50 Å². The summed E-state index contributed by atoms with van der Waals surface area (Å²) >= 11 is -4.78. The molecule has 1 aliphatic rings. The molecular weight excluding hydrogens is 804 g/mol. The Kier molecular flexibility index (Phi) is 12.7. The summed E-state index contributed by atoms with van der Waals surface area (Å²) < 4.78 is 20.2. The summed E-state index contributed by atoms with van der Waals surface area (Å²) in [7, 11) is 0. The fourth-order valence-corrected chi connectivity index (χ4v) is 28.7. The van der Waals surface area contributed by atoms with E-state index >= 15 is 0 Å². The Bertz CT molecular complexity index is 2030. The molecular formula is C52H71AsGeO2. The molecule has 0 radical (unpaired) electrons. The first kappa shape index (κ1) is 44.3. The van der Waals surface area contributed by atoms with E-state index in [-0.39, 0.29) is 20.5 Å². The van der Waals surface area contributed by atoms with Crippen LogP contribution in [0.3, 0.4) is 0 Å². The van der Waals surface area contributed by atoms with E-state index in [2.05, 4.69) is 210 Å². The molecule has 1 heterocycles. The second kappa shape index (κ2) is 16.1. The van der Waals surface area contributed by atoms with Gasteiger partial charge in [0.05, 0.1) is 0 Å². The topological polar surface area (TPSA) is 18.5 Å². The first-order valence-corrected chi connectivity index (χ1v) is 26.9. The zero-order valence-corrected chi connectivity index (χ0v) is 42.1. The number of benzene rings is 4. The van der Waals surface area contributed by atoms with Crippen LogP contribution in [0.15, 0.2) is 84.9 Å². The Hall–Kier alpha value is -2.81. The van der Waals surface area contributed by atoms with Crippen molar-refractivity contribution in [2.45, 2.75) is 163 Å². The summed E-state index contributed by atoms with van der Waals surface area (Å²) in [5.74, 6) is 2.76. The van der Waals surface area contributed by atoms with Crippen LogP contribution in [0.2, 0.25) is 4.25 Å². The number of ether oxygens (including phenoxy) is 1. The van der Waals surface area contributed by atoms with Crippen LogP contribution in [-0.2, 0) is 24.7 Å². The summed E-state index contributed by atoms with van der Waals surface area (Å²) in [6.45, 7) is 43.0. The molecule has 1 atom stereocenters. The van der Waals surface area contributed by atoms with Crippen LogP contribution in [0, 0.1) is 0 Å². The number of hydrogen-bond donors (Lipinski definition) is 0. The average Bonchev–Trinajstić information content (AvgIpc) is 3.09. The third-order valence-electron chi connectivity index (χ3n) is 11.4. The van der Waals surface area contributed by atoms with Crippen molar-refractivity contribution in [1.82, 2.24) is 0 Å². The van der Waals surface area contributed by atoms with E-state index in [1.165, 1.54) is 45.5 Å². The Morgan fingerprint density at radius 3 is 1.30 bits per heavy atom. The fourth-order valence-electron chi connectivity index (χ4n) is 7.92. The second-order valence-corrected chi connectivity index (χ2v) is 33.8. The van der Waals surface area contributed by atoms with Crippen LogP contribution >= 0.6 is 0 Å². The van der Waals surface area contributed by atoms with E-state index in [4.69, 9.17) is 8.50 Å². The van der Waals surface area contributed by atoms with Gasteiger partial charge in [-0.3, -0.25) is 0 Å². The van der Waals surface area contributed by atoms with Crippen molar-refractivity contribution in [3.05, 3.63) is 129 Å². The molecule has 0 N–H and O–H groups in total. The van der Waals surface area contributed by atoms with Crippen LogP contribution in [0.5, 0.6) is 0 Å². The zero-order valence-electron chi connectivity index (χ0n) is 38.1. The zero-order chi connectivity index (χ0) is 41.8. The van der Waals surface area contributed by atoms with E-state index in [9.17, 15) is 0 Å². The van der Waals surface area contributed by atoms with Gasteiger partial charge in [0.15, 0.2) is 0 Å². The molecule has 0 bridgehead atoms. The summed E-state index contributed by atoms with van der Waals surface area (Å²) in [4.78, 5) is 0. The van der Waals surface area contributed by atoms with Crippen LogP contribution < -0.4 is 8.75 Å². The molecule has 300 valence electrons. The summed E-state index contributed by atoms with van der Waals surface area (Å²) in [5.41, 5.74) is 10.6. The third-order valence-corrected chi connectivity index (χ3v) is 27.8. The van der Waals surface area contributed by atoms with Gasteiger partial charge < -0.3 is 0 Å². The molecule has 2 nitrogen and oxygen atoms in total. The Labute approximate surface area is 351 Å². The van der Waals surface area contributed by atoms with Gasteiger partial charge in [0, 0.05) is 0 Å². The van der Waals surface area contributed by atoms with Crippen molar-refractivity contribution in [3.63, 3.8) is 0 Å². The first-order chi connectivity index (χ1) is 25.8. The minimum absolute atomic E-state index is 0.0178. The van der Waals surface area contributed by atoms with Gasteiger partial charge in [0.25, 0.3) is 0 Å². The summed E-state index contributed by atoms with van der Waals surface area (Å²) in [5, 5.41) is 0. The van der Waals surface area contributed by atoms with Gasteiger partial charge in [-0.15, -0.1) is 0 Å². The van der Waals surface area contributed by atoms with Crippen LogP contribution in [0.25, 0.3) is 11.5 Å². The van der Waals surface area contributed by atoms with Crippen LogP contribution in [0.4, 0.5) is 0 Å². The van der Waals surface area contributed by atoms with Gasteiger partial charge in [-0.05, 0) is 0 Å². The third kappa shape index (κ3) is 8.78. The molecule has 0 aromatic heterocycles. The molecule has 5 rings (SSSR count). The summed E-state index contributed by atoms with van der Waals surface area (Å²) in [6.07, 6.45) is 0. The Morgan fingerprint density at radius 1 is 0.518 bits per heavy atom. The van der Waals surface area contributed by atoms with Gasteiger partial charge in [0.1, 0.15) is 0 Å². The van der Waals surface area contributed by atoms with E-state index in [1.54, 1.807) is 0 Å². The normalized spacial score (nSPS) is 17.9. The molecule has 0 unspecified atom stereocenters. The molecule has 4 aromatic rings. The van der Waals surface area contributed by atoms with Crippen molar-refractivity contribution in [2.24, 2.45) is 0 Å². The molecule has 0 amide bonds. The van der Waals surface area contributed by atoms with Crippen molar-refractivity contribution in [2.75, 3.05) is 0 Å². The van der Waals surface area contributed by atoms with Gasteiger partial charge in [0.2, 0.25) is 0 Å². The molecule has 0 saturated carbocycles.